The molecule has 0 N–H and O–H groups in total. The summed E-state index contributed by atoms with van der Waals surface area (Å²) in [4.78, 5) is 24.5. The number of carbonyl (C=O) groups excluding carboxylic acids is 2. The molecule has 1 heterocycles. The third-order valence-corrected chi connectivity index (χ3v) is 2.98. The van der Waals surface area contributed by atoms with E-state index in [9.17, 15) is 9.59 Å². The number of rotatable bonds is 1. The van der Waals surface area contributed by atoms with Gasteiger partial charge in [-0.1, -0.05) is 0 Å². The van der Waals surface area contributed by atoms with Crippen LogP contribution in [0.15, 0.2) is 0 Å². The molecule has 4 heteroatoms. The van der Waals surface area contributed by atoms with Crippen LogP contribution in [0.25, 0.3) is 0 Å². The van der Waals surface area contributed by atoms with Gasteiger partial charge < -0.3 is 9.64 Å². The molecule has 0 aromatic carbocycles. The summed E-state index contributed by atoms with van der Waals surface area (Å²) < 4.78 is 4.94. The van der Waals surface area contributed by atoms with E-state index in [1.165, 1.54) is 0 Å². The second kappa shape index (κ2) is 3.59. The van der Waals surface area contributed by atoms with Crippen molar-refractivity contribution in [3.8, 4) is 0 Å². The molecular formula is C10H15NO3. The third kappa shape index (κ3) is 1.61. The second-order valence-electron chi connectivity index (χ2n) is 4.05. The van der Waals surface area contributed by atoms with Gasteiger partial charge in [-0.2, -0.15) is 0 Å². The van der Waals surface area contributed by atoms with Gasteiger partial charge in [0.25, 0.3) is 0 Å². The van der Waals surface area contributed by atoms with Crippen LogP contribution in [0.1, 0.15) is 26.2 Å². The van der Waals surface area contributed by atoms with Crippen molar-refractivity contribution in [3.63, 3.8) is 0 Å². The highest BCUT2D eigenvalue weighted by Gasteiger charge is 2.41. The van der Waals surface area contributed by atoms with Gasteiger partial charge in [0, 0.05) is 25.4 Å². The number of carbonyl (C=O) groups is 2. The molecule has 0 spiro atoms. The number of likely N-dealkylation sites (tertiary alicyclic amines) is 1. The number of fused-ring (bicyclic) bond motifs is 2. The van der Waals surface area contributed by atoms with E-state index in [0.29, 0.717) is 31.9 Å². The van der Waals surface area contributed by atoms with Crippen LogP contribution in [0.4, 0.5) is 4.79 Å². The molecule has 0 radical (unpaired) electrons. The highest BCUT2D eigenvalue weighted by molar-refractivity contribution is 5.82. The molecule has 2 bridgehead atoms. The molecule has 2 fully saturated rings. The van der Waals surface area contributed by atoms with Gasteiger partial charge >= 0.3 is 6.09 Å². The van der Waals surface area contributed by atoms with Crippen LogP contribution in [0.2, 0.25) is 0 Å². The van der Waals surface area contributed by atoms with E-state index < -0.39 is 0 Å². The highest BCUT2D eigenvalue weighted by atomic mass is 16.6. The molecule has 0 aromatic heterocycles. The van der Waals surface area contributed by atoms with Crippen LogP contribution in [-0.4, -0.2) is 36.0 Å². The van der Waals surface area contributed by atoms with Crippen molar-refractivity contribution in [3.05, 3.63) is 0 Å². The van der Waals surface area contributed by atoms with Gasteiger partial charge in [-0.15, -0.1) is 0 Å². The molecule has 2 atom stereocenters. The van der Waals surface area contributed by atoms with Crippen LogP contribution < -0.4 is 0 Å². The van der Waals surface area contributed by atoms with E-state index in [2.05, 4.69) is 0 Å². The molecule has 0 aromatic rings. The number of hydrogen-bond donors (Lipinski definition) is 0. The molecule has 1 aliphatic heterocycles. The maximum Gasteiger partial charge on any atom is 0.410 e. The minimum atomic E-state index is -0.255. The molecule has 1 saturated carbocycles. The Bertz CT molecular complexity index is 264. The average molecular weight is 197 g/mol. The maximum atomic E-state index is 11.5. The molecule has 1 amide bonds. The normalized spacial score (nSPS) is 30.6. The summed E-state index contributed by atoms with van der Waals surface area (Å²) >= 11 is 0. The standard InChI is InChI=1S/C10H15NO3/c1-2-14-10(13)11-6-7-3-8(11)5-9(12)4-7/h7-8H,2-6H2,1H3/t7-,8-/m1/s1. The Balaban J connectivity index is 2.02. The lowest BCUT2D eigenvalue weighted by Crippen LogP contribution is -2.36. The van der Waals surface area contributed by atoms with E-state index >= 15 is 0 Å². The number of ether oxygens (including phenoxy) is 1. The van der Waals surface area contributed by atoms with E-state index in [-0.39, 0.29) is 17.9 Å². The Morgan fingerprint density at radius 1 is 1.57 bits per heavy atom. The van der Waals surface area contributed by atoms with Gasteiger partial charge in [0.15, 0.2) is 0 Å². The van der Waals surface area contributed by atoms with Crippen molar-refractivity contribution >= 4 is 11.9 Å². The molecule has 14 heavy (non-hydrogen) atoms. The lowest BCUT2D eigenvalue weighted by atomic mass is 9.89. The first-order valence-corrected chi connectivity index (χ1v) is 5.15. The average Bonchev–Trinajstić information content (AvgIpc) is 2.42. The Kier molecular flexibility index (Phi) is 2.44. The molecule has 2 rings (SSSR count). The predicted octanol–water partition coefficient (Wildman–Crippen LogP) is 1.20. The topological polar surface area (TPSA) is 46.6 Å². The summed E-state index contributed by atoms with van der Waals surface area (Å²) in [7, 11) is 0. The van der Waals surface area contributed by atoms with Crippen LogP contribution >= 0.6 is 0 Å². The highest BCUT2D eigenvalue weighted by Crippen LogP contribution is 2.33. The van der Waals surface area contributed by atoms with E-state index in [1.807, 2.05) is 0 Å². The van der Waals surface area contributed by atoms with Gasteiger partial charge in [0.2, 0.25) is 0 Å². The Morgan fingerprint density at radius 2 is 2.36 bits per heavy atom. The first-order chi connectivity index (χ1) is 6.70. The minimum absolute atomic E-state index is 0.111. The molecule has 78 valence electrons. The van der Waals surface area contributed by atoms with Gasteiger partial charge in [-0.3, -0.25) is 4.79 Å². The quantitative estimate of drug-likeness (QED) is 0.634. The summed E-state index contributed by atoms with van der Waals surface area (Å²) in [6.45, 7) is 2.90. The van der Waals surface area contributed by atoms with Gasteiger partial charge in [-0.25, -0.2) is 4.79 Å². The SMILES string of the molecule is CCOC(=O)N1C[C@H]2CC(=O)C[C@H]1C2. The summed E-state index contributed by atoms with van der Waals surface area (Å²) in [5.41, 5.74) is 0. The van der Waals surface area contributed by atoms with Crippen LogP contribution in [0.3, 0.4) is 0 Å². The van der Waals surface area contributed by atoms with Gasteiger partial charge in [0.1, 0.15) is 5.78 Å². The zero-order valence-electron chi connectivity index (χ0n) is 8.36. The number of hydrogen-bond acceptors (Lipinski definition) is 3. The summed E-state index contributed by atoms with van der Waals surface area (Å²) in [5.74, 6) is 0.670. The fourth-order valence-electron chi connectivity index (χ4n) is 2.45. The monoisotopic (exact) mass is 197 g/mol. The van der Waals surface area contributed by atoms with E-state index in [4.69, 9.17) is 4.74 Å². The third-order valence-electron chi connectivity index (χ3n) is 2.98. The zero-order valence-corrected chi connectivity index (χ0v) is 8.36. The largest absolute Gasteiger partial charge is 0.450 e. The molecule has 2 aliphatic rings. The number of amides is 1. The molecule has 0 unspecified atom stereocenters. The number of ketones is 1. The lowest BCUT2D eigenvalue weighted by molar-refractivity contribution is -0.121. The van der Waals surface area contributed by atoms with Crippen molar-refractivity contribution in [2.75, 3.05) is 13.2 Å². The molecule has 1 saturated heterocycles. The van der Waals surface area contributed by atoms with E-state index in [1.54, 1.807) is 11.8 Å². The van der Waals surface area contributed by atoms with Crippen LogP contribution in [0.5, 0.6) is 0 Å². The summed E-state index contributed by atoms with van der Waals surface area (Å²) in [5, 5.41) is 0. The van der Waals surface area contributed by atoms with Crippen molar-refractivity contribution < 1.29 is 14.3 Å². The smallest absolute Gasteiger partial charge is 0.410 e. The molecular weight excluding hydrogens is 182 g/mol. The Morgan fingerprint density at radius 3 is 3.07 bits per heavy atom. The van der Waals surface area contributed by atoms with Crippen molar-refractivity contribution in [2.24, 2.45) is 5.92 Å². The van der Waals surface area contributed by atoms with Gasteiger partial charge in [0.05, 0.1) is 6.61 Å². The zero-order chi connectivity index (χ0) is 10.1. The second-order valence-corrected chi connectivity index (χ2v) is 4.05. The first-order valence-electron chi connectivity index (χ1n) is 5.15. The van der Waals surface area contributed by atoms with Crippen molar-refractivity contribution in [2.45, 2.75) is 32.2 Å². The summed E-state index contributed by atoms with van der Waals surface area (Å²) in [6, 6.07) is 0.111. The van der Waals surface area contributed by atoms with Crippen LogP contribution in [0, 0.1) is 5.92 Å². The van der Waals surface area contributed by atoms with Crippen molar-refractivity contribution in [1.29, 1.82) is 0 Å². The number of nitrogens with zero attached hydrogens (tertiary/aromatic N) is 1. The summed E-state index contributed by atoms with van der Waals surface area (Å²) in [6.07, 6.45) is 1.89. The Labute approximate surface area is 83.2 Å². The fraction of sp³-hybridized carbons (Fsp3) is 0.800. The molecule has 1 aliphatic carbocycles. The van der Waals surface area contributed by atoms with Crippen molar-refractivity contribution in [1.82, 2.24) is 4.90 Å². The lowest BCUT2D eigenvalue weighted by Gasteiger charge is -2.22. The minimum Gasteiger partial charge on any atom is -0.450 e. The van der Waals surface area contributed by atoms with E-state index in [0.717, 1.165) is 6.42 Å². The predicted molar refractivity (Wildman–Crippen MR) is 49.9 cm³/mol. The van der Waals surface area contributed by atoms with Gasteiger partial charge in [-0.05, 0) is 19.3 Å². The number of Topliss-reactive ketones (excluding diaryl/α,β-unsaturated/α-hetero) is 1. The maximum absolute atomic E-state index is 11.5. The first kappa shape index (κ1) is 9.49. The van der Waals surface area contributed by atoms with Crippen LogP contribution in [-0.2, 0) is 9.53 Å². The fourth-order valence-corrected chi connectivity index (χ4v) is 2.45. The Hall–Kier alpha value is -1.06. The molecule has 4 nitrogen and oxygen atoms in total.